The average Bonchev–Trinajstić information content (AvgIpc) is 2.22. The number of benzene rings is 1. The van der Waals surface area contributed by atoms with Gasteiger partial charge < -0.3 is 5.32 Å². The lowest BCUT2D eigenvalue weighted by atomic mass is 10.0. The van der Waals surface area contributed by atoms with Crippen LogP contribution in [0.3, 0.4) is 0 Å². The fraction of sp³-hybridized carbons (Fsp3) is 0.500. The van der Waals surface area contributed by atoms with Gasteiger partial charge in [-0.1, -0.05) is 25.4 Å². The molecule has 88 valence electrons. The van der Waals surface area contributed by atoms with Crippen LogP contribution < -0.4 is 5.32 Å². The molecular weight excluding hydrogens is 242 g/mol. The number of fused-ring (bicyclic) bond motifs is 1. The van der Waals surface area contributed by atoms with E-state index in [1.807, 2.05) is 18.2 Å². The smallest absolute Gasteiger partial charge is 0.0533 e. The third kappa shape index (κ3) is 2.47. The van der Waals surface area contributed by atoms with E-state index in [4.69, 9.17) is 11.6 Å². The quantitative estimate of drug-likeness (QED) is 0.883. The standard InChI is InChI=1S/C12H16ClNOS/c1-8(2)14-11-5-6-16(15)12-4-3-9(13)7-10(11)12/h3-4,7-8,11,14H,5-6H2,1-2H3. The highest BCUT2D eigenvalue weighted by atomic mass is 35.5. The maximum Gasteiger partial charge on any atom is 0.0533 e. The summed E-state index contributed by atoms with van der Waals surface area (Å²) in [6, 6.07) is 6.35. The molecule has 4 heteroatoms. The van der Waals surface area contributed by atoms with E-state index in [9.17, 15) is 4.21 Å². The second-order valence-corrected chi connectivity index (χ2v) is 6.37. The number of hydrogen-bond donors (Lipinski definition) is 1. The van der Waals surface area contributed by atoms with Gasteiger partial charge in [0.2, 0.25) is 0 Å². The van der Waals surface area contributed by atoms with Crippen LogP contribution in [-0.4, -0.2) is 16.0 Å². The molecule has 0 saturated heterocycles. The topological polar surface area (TPSA) is 29.1 Å². The second kappa shape index (κ2) is 4.86. The van der Waals surface area contributed by atoms with Gasteiger partial charge >= 0.3 is 0 Å². The summed E-state index contributed by atoms with van der Waals surface area (Å²) < 4.78 is 11.9. The highest BCUT2D eigenvalue weighted by molar-refractivity contribution is 7.85. The predicted octanol–water partition coefficient (Wildman–Crippen LogP) is 2.89. The molecule has 0 aromatic heterocycles. The van der Waals surface area contributed by atoms with Crippen LogP contribution in [0.4, 0.5) is 0 Å². The largest absolute Gasteiger partial charge is 0.308 e. The van der Waals surface area contributed by atoms with E-state index in [0.717, 1.165) is 22.6 Å². The van der Waals surface area contributed by atoms with E-state index in [1.54, 1.807) is 0 Å². The molecule has 0 saturated carbocycles. The first-order chi connectivity index (χ1) is 7.58. The number of rotatable bonds is 2. The molecule has 2 rings (SSSR count). The van der Waals surface area contributed by atoms with Crippen LogP contribution >= 0.6 is 11.6 Å². The lowest BCUT2D eigenvalue weighted by molar-refractivity contribution is 0.456. The Labute approximate surface area is 104 Å². The van der Waals surface area contributed by atoms with Crippen molar-refractivity contribution in [3.63, 3.8) is 0 Å². The molecule has 16 heavy (non-hydrogen) atoms. The van der Waals surface area contributed by atoms with E-state index in [-0.39, 0.29) is 6.04 Å². The van der Waals surface area contributed by atoms with Gasteiger partial charge in [0.15, 0.2) is 0 Å². The van der Waals surface area contributed by atoms with Crippen molar-refractivity contribution in [2.45, 2.75) is 37.2 Å². The minimum Gasteiger partial charge on any atom is -0.308 e. The molecule has 2 nitrogen and oxygen atoms in total. The van der Waals surface area contributed by atoms with Crippen molar-refractivity contribution in [2.24, 2.45) is 0 Å². The van der Waals surface area contributed by atoms with Gasteiger partial charge in [0, 0.05) is 27.8 Å². The van der Waals surface area contributed by atoms with Crippen LogP contribution in [0.5, 0.6) is 0 Å². The second-order valence-electron chi connectivity index (χ2n) is 4.39. The molecule has 1 N–H and O–H groups in total. The van der Waals surface area contributed by atoms with Crippen molar-refractivity contribution >= 4 is 22.4 Å². The number of hydrogen-bond acceptors (Lipinski definition) is 2. The molecule has 1 aromatic rings. The molecule has 0 amide bonds. The Bertz CT molecular complexity index is 419. The van der Waals surface area contributed by atoms with Gasteiger partial charge in [-0.05, 0) is 30.2 Å². The normalized spacial score (nSPS) is 24.5. The maximum atomic E-state index is 11.9. The molecule has 0 bridgehead atoms. The minimum atomic E-state index is -0.858. The van der Waals surface area contributed by atoms with Gasteiger partial charge in [0.25, 0.3) is 0 Å². The van der Waals surface area contributed by atoms with Crippen LogP contribution in [0, 0.1) is 0 Å². The van der Waals surface area contributed by atoms with E-state index in [1.165, 1.54) is 0 Å². The summed E-state index contributed by atoms with van der Waals surface area (Å²) in [6.45, 7) is 4.24. The fourth-order valence-corrected chi connectivity index (χ4v) is 3.60. The van der Waals surface area contributed by atoms with Crippen LogP contribution in [0.15, 0.2) is 23.1 Å². The van der Waals surface area contributed by atoms with Crippen LogP contribution in [0.2, 0.25) is 5.02 Å². The molecule has 1 aromatic carbocycles. The van der Waals surface area contributed by atoms with Crippen molar-refractivity contribution in [3.05, 3.63) is 28.8 Å². The monoisotopic (exact) mass is 257 g/mol. The van der Waals surface area contributed by atoms with E-state index >= 15 is 0 Å². The summed E-state index contributed by atoms with van der Waals surface area (Å²) in [5, 5.41) is 4.21. The first-order valence-electron chi connectivity index (χ1n) is 5.52. The zero-order valence-corrected chi connectivity index (χ0v) is 11.1. The van der Waals surface area contributed by atoms with Gasteiger partial charge in [-0.15, -0.1) is 0 Å². The molecule has 2 atom stereocenters. The van der Waals surface area contributed by atoms with Gasteiger partial charge in [0.1, 0.15) is 0 Å². The van der Waals surface area contributed by atoms with E-state index in [0.29, 0.717) is 11.1 Å². The highest BCUT2D eigenvalue weighted by Gasteiger charge is 2.25. The zero-order valence-electron chi connectivity index (χ0n) is 9.50. The third-order valence-corrected chi connectivity index (χ3v) is 4.42. The van der Waals surface area contributed by atoms with Crippen molar-refractivity contribution in [1.82, 2.24) is 5.32 Å². The lowest BCUT2D eigenvalue weighted by Gasteiger charge is -2.27. The van der Waals surface area contributed by atoms with Crippen molar-refractivity contribution in [1.29, 1.82) is 0 Å². The van der Waals surface area contributed by atoms with Crippen molar-refractivity contribution in [3.8, 4) is 0 Å². The Kier molecular flexibility index (Phi) is 3.67. The molecule has 0 fully saturated rings. The lowest BCUT2D eigenvalue weighted by Crippen LogP contribution is -2.32. The number of nitrogens with one attached hydrogen (secondary N) is 1. The van der Waals surface area contributed by atoms with Gasteiger partial charge in [-0.2, -0.15) is 0 Å². The summed E-state index contributed by atoms with van der Waals surface area (Å²) in [5.41, 5.74) is 1.10. The molecule has 1 aliphatic heterocycles. The SMILES string of the molecule is CC(C)NC1CCS(=O)c2ccc(Cl)cc21. The Morgan fingerprint density at radius 1 is 1.50 bits per heavy atom. The highest BCUT2D eigenvalue weighted by Crippen LogP contribution is 2.32. The van der Waals surface area contributed by atoms with E-state index in [2.05, 4.69) is 19.2 Å². The summed E-state index contributed by atoms with van der Waals surface area (Å²) in [4.78, 5) is 0.939. The first kappa shape index (κ1) is 12.1. The Morgan fingerprint density at radius 2 is 2.25 bits per heavy atom. The van der Waals surface area contributed by atoms with Crippen LogP contribution in [0.25, 0.3) is 0 Å². The molecule has 1 heterocycles. The molecule has 2 unspecified atom stereocenters. The van der Waals surface area contributed by atoms with Crippen LogP contribution in [-0.2, 0) is 10.8 Å². The van der Waals surface area contributed by atoms with Gasteiger partial charge in [0.05, 0.1) is 10.8 Å². The van der Waals surface area contributed by atoms with Crippen molar-refractivity contribution in [2.75, 3.05) is 5.75 Å². The van der Waals surface area contributed by atoms with Crippen molar-refractivity contribution < 1.29 is 4.21 Å². The Morgan fingerprint density at radius 3 is 2.94 bits per heavy atom. The van der Waals surface area contributed by atoms with Gasteiger partial charge in [-0.3, -0.25) is 4.21 Å². The number of halogens is 1. The molecule has 0 spiro atoms. The molecule has 0 aliphatic carbocycles. The zero-order chi connectivity index (χ0) is 11.7. The minimum absolute atomic E-state index is 0.284. The molecule has 1 aliphatic rings. The molecule has 0 radical (unpaired) electrons. The van der Waals surface area contributed by atoms with E-state index < -0.39 is 10.8 Å². The summed E-state index contributed by atoms with van der Waals surface area (Å²) in [7, 11) is -0.858. The summed E-state index contributed by atoms with van der Waals surface area (Å²) in [5.74, 6) is 0.735. The Balaban J connectivity index is 2.38. The molecular formula is C12H16ClNOS. The first-order valence-corrected chi connectivity index (χ1v) is 7.21. The Hall–Kier alpha value is -0.380. The maximum absolute atomic E-state index is 11.9. The average molecular weight is 258 g/mol. The third-order valence-electron chi connectivity index (χ3n) is 2.72. The van der Waals surface area contributed by atoms with Gasteiger partial charge in [-0.25, -0.2) is 0 Å². The summed E-state index contributed by atoms with van der Waals surface area (Å²) in [6.07, 6.45) is 0.915. The fourth-order valence-electron chi connectivity index (χ4n) is 2.06. The van der Waals surface area contributed by atoms with Crippen LogP contribution in [0.1, 0.15) is 31.9 Å². The summed E-state index contributed by atoms with van der Waals surface area (Å²) >= 11 is 6.00. The predicted molar refractivity (Wildman–Crippen MR) is 68.4 cm³/mol.